The summed E-state index contributed by atoms with van der Waals surface area (Å²) in [6.07, 6.45) is 6.80. The molecule has 2 amide bonds. The molecule has 1 aromatic rings. The molecule has 0 radical (unpaired) electrons. The topological polar surface area (TPSA) is 88.7 Å². The van der Waals surface area contributed by atoms with E-state index < -0.39 is 0 Å². The lowest BCUT2D eigenvalue weighted by Gasteiger charge is -2.21. The molecule has 0 bridgehead atoms. The Balaban J connectivity index is 1.62. The Morgan fingerprint density at radius 2 is 1.87 bits per heavy atom. The number of amides is 2. The highest BCUT2D eigenvalue weighted by Crippen LogP contribution is 2.29. The van der Waals surface area contributed by atoms with Crippen molar-refractivity contribution in [3.05, 3.63) is 47.8 Å². The van der Waals surface area contributed by atoms with Crippen LogP contribution in [0.1, 0.15) is 50.9 Å². The molecular formula is C23H31N3O4. The van der Waals surface area contributed by atoms with Crippen molar-refractivity contribution < 1.29 is 19.1 Å². The van der Waals surface area contributed by atoms with Crippen molar-refractivity contribution in [3.63, 3.8) is 0 Å². The Hall–Kier alpha value is -2.96. The standard InChI is InChI=1S/C23H31N3O4/c1-14(2)13-29-19-9-17(10-20(11-19)30-15(3)4)23(28)26-21-8-7-18(12-24-21)25-22(27)16-5-6-16/h7-12,14-16,21,24H,5-6,13H2,1-4H3,(H,25,27)(H,26,28). The summed E-state index contributed by atoms with van der Waals surface area (Å²) in [7, 11) is 0. The maximum atomic E-state index is 12.8. The van der Waals surface area contributed by atoms with Crippen molar-refractivity contribution in [3.8, 4) is 11.5 Å². The van der Waals surface area contributed by atoms with E-state index in [9.17, 15) is 9.59 Å². The molecule has 7 heteroatoms. The van der Waals surface area contributed by atoms with E-state index in [0.717, 1.165) is 12.8 Å². The third kappa shape index (κ3) is 6.54. The second kappa shape index (κ2) is 9.69. The lowest BCUT2D eigenvalue weighted by atomic mass is 10.1. The first-order chi connectivity index (χ1) is 14.3. The van der Waals surface area contributed by atoms with Crippen molar-refractivity contribution in [1.29, 1.82) is 0 Å². The van der Waals surface area contributed by atoms with Crippen molar-refractivity contribution >= 4 is 11.8 Å². The van der Waals surface area contributed by atoms with Crippen LogP contribution in [0.3, 0.4) is 0 Å². The van der Waals surface area contributed by atoms with Crippen LogP contribution in [0.2, 0.25) is 0 Å². The minimum atomic E-state index is -0.381. The Bertz CT molecular complexity index is 841. The van der Waals surface area contributed by atoms with E-state index in [1.165, 1.54) is 0 Å². The molecule has 0 aromatic heterocycles. The molecular weight excluding hydrogens is 382 g/mol. The van der Waals surface area contributed by atoms with E-state index >= 15 is 0 Å². The summed E-state index contributed by atoms with van der Waals surface area (Å²) in [6.45, 7) is 8.56. The predicted molar refractivity (Wildman–Crippen MR) is 115 cm³/mol. The average molecular weight is 414 g/mol. The Morgan fingerprint density at radius 3 is 2.47 bits per heavy atom. The monoisotopic (exact) mass is 413 g/mol. The van der Waals surface area contributed by atoms with E-state index in [1.54, 1.807) is 36.6 Å². The van der Waals surface area contributed by atoms with Gasteiger partial charge in [-0.1, -0.05) is 13.8 Å². The first-order valence-electron chi connectivity index (χ1n) is 10.5. The summed E-state index contributed by atoms with van der Waals surface area (Å²) in [5, 5.41) is 8.86. The molecule has 1 atom stereocenters. The fourth-order valence-corrected chi connectivity index (χ4v) is 2.85. The fourth-order valence-electron chi connectivity index (χ4n) is 2.85. The Morgan fingerprint density at radius 1 is 1.13 bits per heavy atom. The van der Waals surface area contributed by atoms with E-state index in [1.807, 2.05) is 13.8 Å². The van der Waals surface area contributed by atoms with Gasteiger partial charge in [-0.2, -0.15) is 0 Å². The van der Waals surface area contributed by atoms with Gasteiger partial charge in [-0.15, -0.1) is 0 Å². The minimum absolute atomic E-state index is 0.0152. The number of carbonyl (C=O) groups excluding carboxylic acids is 2. The highest BCUT2D eigenvalue weighted by Gasteiger charge is 2.30. The van der Waals surface area contributed by atoms with Crippen LogP contribution in [0.4, 0.5) is 0 Å². The summed E-state index contributed by atoms with van der Waals surface area (Å²) in [5.74, 6) is 1.50. The van der Waals surface area contributed by atoms with Gasteiger partial charge in [-0.25, -0.2) is 0 Å². The number of nitrogens with one attached hydrogen (secondary N) is 3. The molecule has 3 rings (SSSR count). The Labute approximate surface area is 177 Å². The molecule has 1 fully saturated rings. The van der Waals surface area contributed by atoms with Gasteiger partial charge >= 0.3 is 0 Å². The van der Waals surface area contributed by atoms with Crippen LogP contribution in [-0.4, -0.2) is 30.7 Å². The molecule has 1 unspecified atom stereocenters. The number of allylic oxidation sites excluding steroid dienone is 1. The number of rotatable bonds is 9. The summed E-state index contributed by atoms with van der Waals surface area (Å²) < 4.78 is 11.6. The third-order valence-corrected chi connectivity index (χ3v) is 4.49. The first kappa shape index (κ1) is 21.7. The van der Waals surface area contributed by atoms with E-state index in [0.29, 0.717) is 35.3 Å². The predicted octanol–water partition coefficient (Wildman–Crippen LogP) is 3.09. The van der Waals surface area contributed by atoms with Gasteiger partial charge in [0.1, 0.15) is 17.7 Å². The fraction of sp³-hybridized carbons (Fsp3) is 0.478. The van der Waals surface area contributed by atoms with Crippen LogP contribution in [0, 0.1) is 11.8 Å². The molecule has 1 aromatic carbocycles. The van der Waals surface area contributed by atoms with E-state index in [2.05, 4.69) is 29.8 Å². The minimum Gasteiger partial charge on any atom is -0.493 e. The molecule has 1 saturated carbocycles. The van der Waals surface area contributed by atoms with Gasteiger partial charge in [0.05, 0.1) is 18.4 Å². The maximum Gasteiger partial charge on any atom is 0.253 e. The molecule has 0 saturated heterocycles. The number of hydrogen-bond acceptors (Lipinski definition) is 5. The highest BCUT2D eigenvalue weighted by molar-refractivity contribution is 5.95. The van der Waals surface area contributed by atoms with Crippen molar-refractivity contribution in [2.45, 2.75) is 52.8 Å². The van der Waals surface area contributed by atoms with Gasteiger partial charge < -0.3 is 25.4 Å². The zero-order valence-electron chi connectivity index (χ0n) is 18.0. The molecule has 1 heterocycles. The largest absolute Gasteiger partial charge is 0.493 e. The Kier molecular flexibility index (Phi) is 7.03. The highest BCUT2D eigenvalue weighted by atomic mass is 16.5. The summed E-state index contributed by atoms with van der Waals surface area (Å²) in [6, 6.07) is 5.23. The summed E-state index contributed by atoms with van der Waals surface area (Å²) >= 11 is 0. The van der Waals surface area contributed by atoms with Gasteiger partial charge in [0.15, 0.2) is 0 Å². The summed E-state index contributed by atoms with van der Waals surface area (Å²) in [4.78, 5) is 24.7. The average Bonchev–Trinajstić information content (AvgIpc) is 3.52. The maximum absolute atomic E-state index is 12.8. The van der Waals surface area contributed by atoms with Crippen LogP contribution >= 0.6 is 0 Å². The van der Waals surface area contributed by atoms with Crippen LogP contribution in [-0.2, 0) is 4.79 Å². The van der Waals surface area contributed by atoms with Crippen LogP contribution < -0.4 is 25.4 Å². The van der Waals surface area contributed by atoms with E-state index in [-0.39, 0.29) is 30.0 Å². The molecule has 1 aliphatic heterocycles. The van der Waals surface area contributed by atoms with Gasteiger partial charge in [-0.05, 0) is 56.9 Å². The van der Waals surface area contributed by atoms with Crippen molar-refractivity contribution in [1.82, 2.24) is 16.0 Å². The SMILES string of the molecule is CC(C)COc1cc(OC(C)C)cc(C(=O)NC2C=CC(NC(=O)C3CC3)=CN2)c1. The zero-order chi connectivity index (χ0) is 21.7. The number of benzene rings is 1. The lowest BCUT2D eigenvalue weighted by molar-refractivity contribution is -0.121. The number of hydrogen-bond donors (Lipinski definition) is 3. The van der Waals surface area contributed by atoms with Gasteiger partial charge in [0, 0.05) is 23.7 Å². The van der Waals surface area contributed by atoms with Gasteiger partial charge in [0.2, 0.25) is 5.91 Å². The summed E-state index contributed by atoms with van der Waals surface area (Å²) in [5.41, 5.74) is 1.15. The van der Waals surface area contributed by atoms with Gasteiger partial charge in [-0.3, -0.25) is 9.59 Å². The van der Waals surface area contributed by atoms with Crippen molar-refractivity contribution in [2.24, 2.45) is 11.8 Å². The van der Waals surface area contributed by atoms with Crippen LogP contribution in [0.25, 0.3) is 0 Å². The first-order valence-corrected chi connectivity index (χ1v) is 10.5. The molecule has 2 aliphatic rings. The normalized spacial score (nSPS) is 17.9. The van der Waals surface area contributed by atoms with Crippen LogP contribution in [0.15, 0.2) is 42.2 Å². The number of ether oxygens (including phenoxy) is 2. The number of dihydropyridines is 1. The third-order valence-electron chi connectivity index (χ3n) is 4.49. The molecule has 7 nitrogen and oxygen atoms in total. The lowest BCUT2D eigenvalue weighted by Crippen LogP contribution is -2.44. The molecule has 1 aliphatic carbocycles. The zero-order valence-corrected chi connectivity index (χ0v) is 18.0. The quantitative estimate of drug-likeness (QED) is 0.579. The van der Waals surface area contributed by atoms with Crippen molar-refractivity contribution in [2.75, 3.05) is 6.61 Å². The molecule has 162 valence electrons. The molecule has 0 spiro atoms. The number of carbonyl (C=O) groups is 2. The van der Waals surface area contributed by atoms with Gasteiger partial charge in [0.25, 0.3) is 5.91 Å². The smallest absolute Gasteiger partial charge is 0.253 e. The van der Waals surface area contributed by atoms with E-state index in [4.69, 9.17) is 9.47 Å². The molecule has 3 N–H and O–H groups in total. The van der Waals surface area contributed by atoms with Crippen LogP contribution in [0.5, 0.6) is 11.5 Å². The second-order valence-corrected chi connectivity index (χ2v) is 8.40. The molecule has 30 heavy (non-hydrogen) atoms. The second-order valence-electron chi connectivity index (χ2n) is 8.40.